The molecule has 1 fully saturated rings. The largest absolute Gasteiger partial charge is 0.372 e. The van der Waals surface area contributed by atoms with E-state index in [9.17, 15) is 4.79 Å². The molecule has 2 aliphatic heterocycles. The zero-order valence-corrected chi connectivity index (χ0v) is 12.2. The average Bonchev–Trinajstić information content (AvgIpc) is 2.88. The molecule has 1 unspecified atom stereocenters. The molecule has 1 aromatic rings. The van der Waals surface area contributed by atoms with Crippen LogP contribution in [0.2, 0.25) is 0 Å². The molecule has 108 valence electrons. The predicted octanol–water partition coefficient (Wildman–Crippen LogP) is 1.92. The van der Waals surface area contributed by atoms with Crippen LogP contribution in [0.1, 0.15) is 41.8 Å². The number of carbonyl (C=O) groups is 1. The van der Waals surface area contributed by atoms with Gasteiger partial charge in [-0.15, -0.1) is 0 Å². The van der Waals surface area contributed by atoms with E-state index in [-0.39, 0.29) is 17.4 Å². The van der Waals surface area contributed by atoms with Crippen molar-refractivity contribution in [1.82, 2.24) is 4.90 Å². The lowest BCUT2D eigenvalue weighted by atomic mass is 9.79. The molecular formula is C16H22N2O2. The summed E-state index contributed by atoms with van der Waals surface area (Å²) in [6.45, 7) is 7.01. The minimum atomic E-state index is -0.0201. The lowest BCUT2D eigenvalue weighted by molar-refractivity contribution is 0.0533. The SMILES string of the molecule is CC1(C)CN(C(=O)c2ccc3c(c2)COC3)CCC1N. The molecule has 20 heavy (non-hydrogen) atoms. The van der Waals surface area contributed by atoms with Crippen LogP contribution in [0.4, 0.5) is 0 Å². The molecule has 2 N–H and O–H groups in total. The Morgan fingerprint density at radius 2 is 2.10 bits per heavy atom. The maximum Gasteiger partial charge on any atom is 0.253 e. The van der Waals surface area contributed by atoms with E-state index in [1.807, 2.05) is 23.1 Å². The van der Waals surface area contributed by atoms with Crippen molar-refractivity contribution in [3.8, 4) is 0 Å². The molecule has 0 saturated carbocycles. The van der Waals surface area contributed by atoms with Crippen molar-refractivity contribution in [2.24, 2.45) is 11.1 Å². The number of amides is 1. The Bertz CT molecular complexity index is 539. The topological polar surface area (TPSA) is 55.6 Å². The molecule has 1 amide bonds. The Balaban J connectivity index is 1.79. The first-order chi connectivity index (χ1) is 9.47. The van der Waals surface area contributed by atoms with Gasteiger partial charge < -0.3 is 15.4 Å². The predicted molar refractivity (Wildman–Crippen MR) is 77.2 cm³/mol. The van der Waals surface area contributed by atoms with Gasteiger partial charge in [0.2, 0.25) is 0 Å². The first kappa shape index (κ1) is 13.6. The van der Waals surface area contributed by atoms with Crippen LogP contribution >= 0.6 is 0 Å². The Labute approximate surface area is 119 Å². The number of rotatable bonds is 1. The number of hydrogen-bond acceptors (Lipinski definition) is 3. The second kappa shape index (κ2) is 4.86. The van der Waals surface area contributed by atoms with Crippen molar-refractivity contribution < 1.29 is 9.53 Å². The molecule has 4 heteroatoms. The first-order valence-corrected chi connectivity index (χ1v) is 7.22. The smallest absolute Gasteiger partial charge is 0.253 e. The van der Waals surface area contributed by atoms with Gasteiger partial charge in [0.05, 0.1) is 13.2 Å². The number of nitrogens with two attached hydrogens (primary N) is 1. The Hall–Kier alpha value is -1.39. The summed E-state index contributed by atoms with van der Waals surface area (Å²) < 4.78 is 5.40. The summed E-state index contributed by atoms with van der Waals surface area (Å²) in [5.74, 6) is 0.111. The standard InChI is InChI=1S/C16H22N2O2/c1-16(2)10-18(6-5-14(16)17)15(19)11-3-4-12-8-20-9-13(12)7-11/h3-4,7,14H,5-6,8-10,17H2,1-2H3. The molecule has 0 aromatic heterocycles. The van der Waals surface area contributed by atoms with Crippen molar-refractivity contribution in [1.29, 1.82) is 0 Å². The minimum Gasteiger partial charge on any atom is -0.372 e. The highest BCUT2D eigenvalue weighted by molar-refractivity contribution is 5.94. The van der Waals surface area contributed by atoms with Gasteiger partial charge in [0, 0.05) is 24.7 Å². The number of carbonyl (C=O) groups excluding carboxylic acids is 1. The molecule has 1 aromatic carbocycles. The molecule has 0 aliphatic carbocycles. The number of likely N-dealkylation sites (tertiary alicyclic amines) is 1. The van der Waals surface area contributed by atoms with E-state index in [1.54, 1.807) is 0 Å². The van der Waals surface area contributed by atoms with Crippen LogP contribution in [-0.4, -0.2) is 29.9 Å². The number of ether oxygens (including phenoxy) is 1. The molecule has 3 rings (SSSR count). The third-order valence-corrected chi connectivity index (χ3v) is 4.57. The zero-order chi connectivity index (χ0) is 14.3. The van der Waals surface area contributed by atoms with E-state index in [1.165, 1.54) is 5.56 Å². The fourth-order valence-corrected chi connectivity index (χ4v) is 3.03. The molecule has 2 aliphatic rings. The van der Waals surface area contributed by atoms with Gasteiger partial charge in [0.25, 0.3) is 5.91 Å². The van der Waals surface area contributed by atoms with Crippen molar-refractivity contribution in [2.45, 2.75) is 39.5 Å². The second-order valence-corrected chi connectivity index (χ2v) is 6.59. The summed E-state index contributed by atoms with van der Waals surface area (Å²) in [7, 11) is 0. The molecule has 0 radical (unpaired) electrons. The lowest BCUT2D eigenvalue weighted by Gasteiger charge is -2.42. The normalized spacial score (nSPS) is 24.6. The quantitative estimate of drug-likeness (QED) is 0.851. The van der Waals surface area contributed by atoms with E-state index >= 15 is 0 Å². The van der Waals surface area contributed by atoms with Crippen LogP contribution in [0.5, 0.6) is 0 Å². The number of piperidine rings is 1. The van der Waals surface area contributed by atoms with Gasteiger partial charge in [-0.25, -0.2) is 0 Å². The van der Waals surface area contributed by atoms with Gasteiger partial charge >= 0.3 is 0 Å². The maximum atomic E-state index is 12.6. The summed E-state index contributed by atoms with van der Waals surface area (Å²) in [4.78, 5) is 14.6. The fourth-order valence-electron chi connectivity index (χ4n) is 3.03. The Morgan fingerprint density at radius 3 is 2.85 bits per heavy atom. The van der Waals surface area contributed by atoms with E-state index < -0.39 is 0 Å². The van der Waals surface area contributed by atoms with Crippen LogP contribution in [0.25, 0.3) is 0 Å². The lowest BCUT2D eigenvalue weighted by Crippen LogP contribution is -2.54. The van der Waals surface area contributed by atoms with Gasteiger partial charge in [-0.2, -0.15) is 0 Å². The van der Waals surface area contributed by atoms with Crippen molar-refractivity contribution in [3.63, 3.8) is 0 Å². The molecular weight excluding hydrogens is 252 g/mol. The van der Waals surface area contributed by atoms with E-state index in [2.05, 4.69) is 13.8 Å². The molecule has 0 bridgehead atoms. The highest BCUT2D eigenvalue weighted by Gasteiger charge is 2.35. The van der Waals surface area contributed by atoms with E-state index in [4.69, 9.17) is 10.5 Å². The first-order valence-electron chi connectivity index (χ1n) is 7.22. The summed E-state index contributed by atoms with van der Waals surface area (Å²) in [5.41, 5.74) is 9.22. The van der Waals surface area contributed by atoms with Gasteiger partial charge in [-0.05, 0) is 35.1 Å². The third-order valence-electron chi connectivity index (χ3n) is 4.57. The maximum absolute atomic E-state index is 12.6. The summed E-state index contributed by atoms with van der Waals surface area (Å²) >= 11 is 0. The van der Waals surface area contributed by atoms with Gasteiger partial charge in [-0.1, -0.05) is 19.9 Å². The monoisotopic (exact) mass is 274 g/mol. The highest BCUT2D eigenvalue weighted by Crippen LogP contribution is 2.29. The minimum absolute atomic E-state index is 0.0201. The highest BCUT2D eigenvalue weighted by atomic mass is 16.5. The third kappa shape index (κ3) is 2.34. The van der Waals surface area contributed by atoms with Crippen LogP contribution < -0.4 is 5.73 Å². The number of hydrogen-bond donors (Lipinski definition) is 1. The zero-order valence-electron chi connectivity index (χ0n) is 12.2. The molecule has 1 atom stereocenters. The molecule has 0 spiro atoms. The van der Waals surface area contributed by atoms with Gasteiger partial charge in [-0.3, -0.25) is 4.79 Å². The molecule has 2 heterocycles. The van der Waals surface area contributed by atoms with Crippen molar-refractivity contribution in [2.75, 3.05) is 13.1 Å². The van der Waals surface area contributed by atoms with Crippen LogP contribution in [0, 0.1) is 5.41 Å². The fraction of sp³-hybridized carbons (Fsp3) is 0.562. The summed E-state index contributed by atoms with van der Waals surface area (Å²) in [6.07, 6.45) is 0.868. The van der Waals surface area contributed by atoms with E-state index in [0.29, 0.717) is 13.2 Å². The van der Waals surface area contributed by atoms with Gasteiger partial charge in [0.1, 0.15) is 0 Å². The number of benzene rings is 1. The van der Waals surface area contributed by atoms with Gasteiger partial charge in [0.15, 0.2) is 0 Å². The number of fused-ring (bicyclic) bond motifs is 1. The summed E-state index contributed by atoms with van der Waals surface area (Å²) in [6, 6.07) is 6.07. The average molecular weight is 274 g/mol. The van der Waals surface area contributed by atoms with Crippen LogP contribution in [0.3, 0.4) is 0 Å². The van der Waals surface area contributed by atoms with Crippen LogP contribution in [0.15, 0.2) is 18.2 Å². The second-order valence-electron chi connectivity index (χ2n) is 6.59. The van der Waals surface area contributed by atoms with Crippen LogP contribution in [-0.2, 0) is 18.0 Å². The summed E-state index contributed by atoms with van der Waals surface area (Å²) in [5, 5.41) is 0. The Morgan fingerprint density at radius 1 is 1.35 bits per heavy atom. The number of nitrogens with zero attached hydrogens (tertiary/aromatic N) is 1. The Kier molecular flexibility index (Phi) is 3.30. The van der Waals surface area contributed by atoms with Crippen molar-refractivity contribution in [3.05, 3.63) is 34.9 Å². The molecule has 1 saturated heterocycles. The van der Waals surface area contributed by atoms with Crippen molar-refractivity contribution >= 4 is 5.91 Å². The molecule has 4 nitrogen and oxygen atoms in total. The van der Waals surface area contributed by atoms with E-state index in [0.717, 1.165) is 30.6 Å².